The maximum absolute atomic E-state index is 5.65. The summed E-state index contributed by atoms with van der Waals surface area (Å²) in [6, 6.07) is 12.6. The van der Waals surface area contributed by atoms with E-state index < -0.39 is 0 Å². The van der Waals surface area contributed by atoms with Gasteiger partial charge in [-0.3, -0.25) is 14.5 Å². The van der Waals surface area contributed by atoms with Crippen molar-refractivity contribution in [2.45, 2.75) is 25.4 Å². The summed E-state index contributed by atoms with van der Waals surface area (Å²) in [6.45, 7) is 3.60. The minimum Gasteiger partial charge on any atom is -0.496 e. The maximum atomic E-state index is 5.65. The largest absolute Gasteiger partial charge is 0.496 e. The minimum absolute atomic E-state index is 0.223. The van der Waals surface area contributed by atoms with Crippen LogP contribution in [0.3, 0.4) is 0 Å². The van der Waals surface area contributed by atoms with E-state index in [0.29, 0.717) is 6.54 Å². The molecule has 2 N–H and O–H groups in total. The second-order valence-electron chi connectivity index (χ2n) is 7.80. The number of ether oxygens (including phenoxy) is 1. The zero-order chi connectivity index (χ0) is 22.2. The van der Waals surface area contributed by atoms with E-state index in [1.54, 1.807) is 26.7 Å². The molecule has 32 heavy (non-hydrogen) atoms. The van der Waals surface area contributed by atoms with Crippen molar-refractivity contribution in [1.29, 1.82) is 0 Å². The molecule has 4 rings (SSSR count). The van der Waals surface area contributed by atoms with E-state index in [1.165, 1.54) is 18.4 Å². The van der Waals surface area contributed by atoms with Gasteiger partial charge in [0, 0.05) is 44.3 Å². The first-order chi connectivity index (χ1) is 15.8. The molecule has 0 aliphatic carbocycles. The van der Waals surface area contributed by atoms with Gasteiger partial charge in [0.1, 0.15) is 17.9 Å². The Morgan fingerprint density at radius 3 is 2.75 bits per heavy atom. The minimum atomic E-state index is 0.223. The predicted molar refractivity (Wildman–Crippen MR) is 126 cm³/mol. The number of benzene rings is 1. The Kier molecular flexibility index (Phi) is 7.34. The topological polar surface area (TPSA) is 79.6 Å². The van der Waals surface area contributed by atoms with Crippen molar-refractivity contribution in [3.05, 3.63) is 72.4 Å². The molecule has 0 radical (unpaired) electrons. The smallest absolute Gasteiger partial charge is 0.191 e. The third-order valence-electron chi connectivity index (χ3n) is 5.80. The van der Waals surface area contributed by atoms with Crippen LogP contribution < -0.4 is 15.4 Å². The number of hydrogen-bond acceptors (Lipinski definition) is 5. The second kappa shape index (κ2) is 10.8. The zero-order valence-electron chi connectivity index (χ0n) is 18.7. The van der Waals surface area contributed by atoms with Gasteiger partial charge in [0.2, 0.25) is 0 Å². The van der Waals surface area contributed by atoms with E-state index in [0.717, 1.165) is 42.7 Å². The van der Waals surface area contributed by atoms with Gasteiger partial charge in [0.25, 0.3) is 0 Å². The number of likely N-dealkylation sites (tertiary alicyclic amines) is 1. The monoisotopic (exact) mass is 433 g/mol. The van der Waals surface area contributed by atoms with Gasteiger partial charge in [-0.25, -0.2) is 9.97 Å². The quantitative estimate of drug-likeness (QED) is 0.420. The molecule has 1 aromatic carbocycles. The molecule has 1 fully saturated rings. The number of aliphatic imine (C=N–C) groups is 1. The molecule has 0 bridgehead atoms. The van der Waals surface area contributed by atoms with Crippen LogP contribution in [-0.2, 0) is 6.54 Å². The number of nitrogens with zero attached hydrogens (tertiary/aromatic N) is 5. The molecular formula is C24H31N7O. The van der Waals surface area contributed by atoms with Crippen molar-refractivity contribution in [2.24, 2.45) is 4.99 Å². The second-order valence-corrected chi connectivity index (χ2v) is 7.80. The number of para-hydroxylation sites is 1. The van der Waals surface area contributed by atoms with Gasteiger partial charge in [-0.2, -0.15) is 0 Å². The van der Waals surface area contributed by atoms with Crippen LogP contribution in [0.4, 0.5) is 0 Å². The van der Waals surface area contributed by atoms with Gasteiger partial charge in [-0.05, 0) is 49.7 Å². The Morgan fingerprint density at radius 1 is 1.16 bits per heavy atom. The van der Waals surface area contributed by atoms with Crippen molar-refractivity contribution in [3.63, 3.8) is 0 Å². The fourth-order valence-electron chi connectivity index (χ4n) is 4.14. The molecule has 2 aromatic heterocycles. The molecular weight excluding hydrogens is 402 g/mol. The average Bonchev–Trinajstić information content (AvgIpc) is 3.56. The summed E-state index contributed by atoms with van der Waals surface area (Å²) in [5, 5.41) is 6.94. The van der Waals surface area contributed by atoms with Crippen LogP contribution in [0.1, 0.15) is 30.0 Å². The van der Waals surface area contributed by atoms with Crippen LogP contribution in [0.25, 0.3) is 5.82 Å². The van der Waals surface area contributed by atoms with Crippen molar-refractivity contribution in [3.8, 4) is 11.6 Å². The third-order valence-corrected chi connectivity index (χ3v) is 5.80. The lowest BCUT2D eigenvalue weighted by molar-refractivity contribution is 0.239. The van der Waals surface area contributed by atoms with Crippen LogP contribution in [-0.4, -0.2) is 59.2 Å². The van der Waals surface area contributed by atoms with Crippen LogP contribution in [0.5, 0.6) is 5.75 Å². The highest BCUT2D eigenvalue weighted by atomic mass is 16.5. The third kappa shape index (κ3) is 5.26. The summed E-state index contributed by atoms with van der Waals surface area (Å²) in [5.41, 5.74) is 2.33. The lowest BCUT2D eigenvalue weighted by Gasteiger charge is -2.30. The lowest BCUT2D eigenvalue weighted by Crippen LogP contribution is -2.42. The molecule has 1 saturated heterocycles. The van der Waals surface area contributed by atoms with Crippen molar-refractivity contribution in [1.82, 2.24) is 30.1 Å². The number of nitrogens with one attached hydrogen (secondary N) is 2. The highest BCUT2D eigenvalue weighted by Gasteiger charge is 2.26. The standard InChI is InChI=1S/C24H31N7O/c1-25-24(28-16-19-9-10-27-23(15-19)31-14-11-26-18-31)29-17-21(30-12-5-6-13-30)20-7-3-4-8-22(20)32-2/h3-4,7-11,14-15,18,21H,5-6,12-13,16-17H2,1-2H3,(H2,25,28,29). The van der Waals surface area contributed by atoms with E-state index in [-0.39, 0.29) is 6.04 Å². The van der Waals surface area contributed by atoms with Crippen molar-refractivity contribution < 1.29 is 4.74 Å². The number of rotatable bonds is 8. The van der Waals surface area contributed by atoms with Crippen LogP contribution in [0.15, 0.2) is 66.3 Å². The van der Waals surface area contributed by atoms with Crippen molar-refractivity contribution in [2.75, 3.05) is 33.8 Å². The van der Waals surface area contributed by atoms with Crippen LogP contribution >= 0.6 is 0 Å². The molecule has 8 heteroatoms. The highest BCUT2D eigenvalue weighted by molar-refractivity contribution is 5.79. The lowest BCUT2D eigenvalue weighted by atomic mass is 10.0. The Labute approximate surface area is 189 Å². The van der Waals surface area contributed by atoms with Gasteiger partial charge < -0.3 is 15.4 Å². The molecule has 0 amide bonds. The summed E-state index contributed by atoms with van der Waals surface area (Å²) < 4.78 is 7.55. The molecule has 1 aliphatic rings. The number of guanidine groups is 1. The summed E-state index contributed by atoms with van der Waals surface area (Å²) in [5.74, 6) is 2.54. The Balaban J connectivity index is 1.41. The number of hydrogen-bond donors (Lipinski definition) is 2. The molecule has 3 aromatic rings. The van der Waals surface area contributed by atoms with E-state index in [1.807, 2.05) is 41.2 Å². The first-order valence-electron chi connectivity index (χ1n) is 11.0. The molecule has 1 aliphatic heterocycles. The number of imidazole rings is 1. The summed E-state index contributed by atoms with van der Waals surface area (Å²) in [7, 11) is 3.54. The van der Waals surface area contributed by atoms with Gasteiger partial charge in [0.05, 0.1) is 13.2 Å². The van der Waals surface area contributed by atoms with E-state index in [9.17, 15) is 0 Å². The van der Waals surface area contributed by atoms with E-state index >= 15 is 0 Å². The van der Waals surface area contributed by atoms with Crippen LogP contribution in [0, 0.1) is 0 Å². The SMILES string of the molecule is CN=C(NCc1ccnc(-n2ccnc2)c1)NCC(c1ccccc1OC)N1CCCC1. The maximum Gasteiger partial charge on any atom is 0.191 e. The molecule has 0 saturated carbocycles. The van der Waals surface area contributed by atoms with Crippen molar-refractivity contribution >= 4 is 5.96 Å². The molecule has 168 valence electrons. The van der Waals surface area contributed by atoms with Gasteiger partial charge in [0.15, 0.2) is 5.96 Å². The van der Waals surface area contributed by atoms with E-state index in [4.69, 9.17) is 4.74 Å². The Hall–Kier alpha value is -3.39. The van der Waals surface area contributed by atoms with E-state index in [2.05, 4.69) is 42.6 Å². The molecule has 3 heterocycles. The fourth-order valence-corrected chi connectivity index (χ4v) is 4.14. The fraction of sp³-hybridized carbons (Fsp3) is 0.375. The summed E-state index contributed by atoms with van der Waals surface area (Å²) in [6.07, 6.45) is 9.66. The number of pyridine rings is 1. The normalized spacial score (nSPS) is 15.5. The molecule has 1 atom stereocenters. The van der Waals surface area contributed by atoms with Gasteiger partial charge in [-0.15, -0.1) is 0 Å². The summed E-state index contributed by atoms with van der Waals surface area (Å²) >= 11 is 0. The molecule has 1 unspecified atom stereocenters. The molecule has 0 spiro atoms. The first-order valence-corrected chi connectivity index (χ1v) is 11.0. The zero-order valence-corrected chi connectivity index (χ0v) is 18.7. The predicted octanol–water partition coefficient (Wildman–Crippen LogP) is 2.78. The first kappa shape index (κ1) is 21.8. The number of methoxy groups -OCH3 is 1. The van der Waals surface area contributed by atoms with Gasteiger partial charge in [-0.1, -0.05) is 18.2 Å². The highest BCUT2D eigenvalue weighted by Crippen LogP contribution is 2.31. The Morgan fingerprint density at radius 2 is 2.00 bits per heavy atom. The molecule has 8 nitrogen and oxygen atoms in total. The Bertz CT molecular complexity index is 1010. The van der Waals surface area contributed by atoms with Crippen LogP contribution in [0.2, 0.25) is 0 Å². The number of aromatic nitrogens is 3. The van der Waals surface area contributed by atoms with Gasteiger partial charge >= 0.3 is 0 Å². The average molecular weight is 434 g/mol. The summed E-state index contributed by atoms with van der Waals surface area (Å²) in [4.78, 5) is 15.5.